The van der Waals surface area contributed by atoms with Crippen LogP contribution >= 0.6 is 39.9 Å². The van der Waals surface area contributed by atoms with E-state index < -0.39 is 0 Å². The molecule has 0 unspecified atom stereocenters. The molecule has 0 fully saturated rings. The van der Waals surface area contributed by atoms with E-state index in [1.807, 2.05) is 0 Å². The summed E-state index contributed by atoms with van der Waals surface area (Å²) < 4.78 is 3.22. The number of halogens is 2. The monoisotopic (exact) mass is 528 g/mol. The maximum absolute atomic E-state index is 9.39. The van der Waals surface area contributed by atoms with Gasteiger partial charge in [-0.2, -0.15) is 0 Å². The molecule has 146 valence electrons. The molecule has 1 heterocycles. The zero-order chi connectivity index (χ0) is 18.2. The Morgan fingerprint density at radius 1 is 1.36 bits per heavy atom. The van der Waals surface area contributed by atoms with Crippen LogP contribution in [0.2, 0.25) is 0 Å². The molecule has 0 saturated heterocycles. The fourth-order valence-electron chi connectivity index (χ4n) is 2.90. The normalized spacial score (nSPS) is 12.0. The number of rotatable bonds is 9. The third kappa shape index (κ3) is 7.46. The molecule has 5 nitrogen and oxygen atoms in total. The van der Waals surface area contributed by atoms with Gasteiger partial charge in [-0.05, 0) is 53.6 Å². The SMILES string of the molecule is CCNC(=NCC(CC)(CC)CCO)N(C)Cc1cc(Br)cn1C.I. The quantitative estimate of drug-likeness (QED) is 0.289. The molecule has 0 aliphatic heterocycles. The predicted octanol–water partition coefficient (Wildman–Crippen LogP) is 3.99. The van der Waals surface area contributed by atoms with Gasteiger partial charge >= 0.3 is 0 Å². The van der Waals surface area contributed by atoms with Crippen LogP contribution < -0.4 is 5.32 Å². The number of aromatic nitrogens is 1. The van der Waals surface area contributed by atoms with Crippen LogP contribution in [-0.4, -0.2) is 47.3 Å². The third-order valence-corrected chi connectivity index (χ3v) is 5.31. The summed E-state index contributed by atoms with van der Waals surface area (Å²) in [5, 5.41) is 12.8. The molecule has 0 aromatic carbocycles. The Balaban J connectivity index is 0.00000576. The molecule has 0 amide bonds. The minimum Gasteiger partial charge on any atom is -0.396 e. The number of guanidine groups is 1. The minimum absolute atomic E-state index is 0. The first-order valence-corrected chi connectivity index (χ1v) is 9.61. The Bertz CT molecular complexity index is 529. The van der Waals surface area contributed by atoms with Crippen LogP contribution in [-0.2, 0) is 13.6 Å². The average molecular weight is 529 g/mol. The van der Waals surface area contributed by atoms with Crippen LogP contribution in [0.25, 0.3) is 0 Å². The van der Waals surface area contributed by atoms with Gasteiger partial charge in [-0.25, -0.2) is 0 Å². The maximum Gasteiger partial charge on any atom is 0.194 e. The van der Waals surface area contributed by atoms with Gasteiger partial charge in [0.05, 0.1) is 6.54 Å². The Morgan fingerprint density at radius 2 is 2.00 bits per heavy atom. The summed E-state index contributed by atoms with van der Waals surface area (Å²) in [6, 6.07) is 2.13. The Labute approximate surface area is 178 Å². The number of hydrogen-bond donors (Lipinski definition) is 2. The fourth-order valence-corrected chi connectivity index (χ4v) is 3.47. The lowest BCUT2D eigenvalue weighted by Gasteiger charge is -2.30. The molecule has 0 spiro atoms. The second-order valence-electron chi connectivity index (χ2n) is 6.47. The Kier molecular flexibility index (Phi) is 12.0. The van der Waals surface area contributed by atoms with Crippen molar-refractivity contribution in [2.75, 3.05) is 26.7 Å². The van der Waals surface area contributed by atoms with E-state index in [1.165, 1.54) is 5.69 Å². The van der Waals surface area contributed by atoms with E-state index >= 15 is 0 Å². The highest BCUT2D eigenvalue weighted by atomic mass is 127. The number of aliphatic hydroxyl groups excluding tert-OH is 1. The molecule has 0 aliphatic rings. The molecule has 0 saturated carbocycles. The summed E-state index contributed by atoms with van der Waals surface area (Å²) in [4.78, 5) is 7.03. The molecule has 25 heavy (non-hydrogen) atoms. The van der Waals surface area contributed by atoms with Crippen LogP contribution in [0.5, 0.6) is 0 Å². The van der Waals surface area contributed by atoms with Crippen molar-refractivity contribution in [3.63, 3.8) is 0 Å². The summed E-state index contributed by atoms with van der Waals surface area (Å²) in [7, 11) is 4.12. The van der Waals surface area contributed by atoms with Gasteiger partial charge in [0.1, 0.15) is 0 Å². The van der Waals surface area contributed by atoms with E-state index in [0.717, 1.165) is 49.3 Å². The summed E-state index contributed by atoms with van der Waals surface area (Å²) in [5.41, 5.74) is 1.31. The van der Waals surface area contributed by atoms with E-state index in [1.54, 1.807) is 0 Å². The number of nitrogens with zero attached hydrogens (tertiary/aromatic N) is 3. The summed E-state index contributed by atoms with van der Waals surface area (Å²) in [6.45, 7) is 9.05. The number of aliphatic imine (C=N–C) groups is 1. The van der Waals surface area contributed by atoms with Crippen molar-refractivity contribution in [2.24, 2.45) is 17.5 Å². The van der Waals surface area contributed by atoms with Crippen molar-refractivity contribution in [3.8, 4) is 0 Å². The third-order valence-electron chi connectivity index (χ3n) is 4.88. The van der Waals surface area contributed by atoms with Gasteiger partial charge in [0, 0.05) is 50.2 Å². The second-order valence-corrected chi connectivity index (χ2v) is 7.38. The standard InChI is InChI=1S/C18H33BrN4O.HI/c1-6-18(7-2,9-10-24)14-21-17(20-8-3)23(5)13-16-11-15(19)12-22(16)4;/h11-12,24H,6-10,13-14H2,1-5H3,(H,20,21);1H. The number of nitrogens with one attached hydrogen (secondary N) is 1. The first-order valence-electron chi connectivity index (χ1n) is 8.82. The van der Waals surface area contributed by atoms with Crippen molar-refractivity contribution >= 4 is 45.9 Å². The molecule has 0 radical (unpaired) electrons. The number of aryl methyl sites for hydroxylation is 1. The van der Waals surface area contributed by atoms with E-state index in [9.17, 15) is 5.11 Å². The second kappa shape index (κ2) is 12.2. The van der Waals surface area contributed by atoms with Crippen LogP contribution in [0.3, 0.4) is 0 Å². The molecule has 1 aromatic heterocycles. The predicted molar refractivity (Wildman–Crippen MR) is 121 cm³/mol. The highest BCUT2D eigenvalue weighted by molar-refractivity contribution is 14.0. The molecule has 1 aromatic rings. The van der Waals surface area contributed by atoms with E-state index in [0.29, 0.717) is 0 Å². The topological polar surface area (TPSA) is 52.8 Å². The van der Waals surface area contributed by atoms with Gasteiger partial charge in [-0.1, -0.05) is 13.8 Å². The van der Waals surface area contributed by atoms with E-state index in [-0.39, 0.29) is 36.0 Å². The van der Waals surface area contributed by atoms with Crippen molar-refractivity contribution < 1.29 is 5.11 Å². The lowest BCUT2D eigenvalue weighted by molar-refractivity contribution is 0.175. The van der Waals surface area contributed by atoms with Crippen LogP contribution in [0.1, 0.15) is 45.7 Å². The van der Waals surface area contributed by atoms with Gasteiger partial charge in [0.2, 0.25) is 0 Å². The van der Waals surface area contributed by atoms with Crippen molar-refractivity contribution in [1.82, 2.24) is 14.8 Å². The fraction of sp³-hybridized carbons (Fsp3) is 0.722. The lowest BCUT2D eigenvalue weighted by atomic mass is 9.79. The molecule has 1 rings (SSSR count). The van der Waals surface area contributed by atoms with Crippen LogP contribution in [0, 0.1) is 5.41 Å². The maximum atomic E-state index is 9.39. The molecule has 7 heteroatoms. The van der Waals surface area contributed by atoms with Gasteiger partial charge in [-0.15, -0.1) is 24.0 Å². The van der Waals surface area contributed by atoms with E-state index in [2.05, 4.69) is 77.8 Å². The van der Waals surface area contributed by atoms with Crippen molar-refractivity contribution in [3.05, 3.63) is 22.4 Å². The lowest BCUT2D eigenvalue weighted by Crippen LogP contribution is -2.40. The highest BCUT2D eigenvalue weighted by Gasteiger charge is 2.25. The number of aliphatic hydroxyl groups is 1. The van der Waals surface area contributed by atoms with Gasteiger partial charge in [0.15, 0.2) is 5.96 Å². The van der Waals surface area contributed by atoms with E-state index in [4.69, 9.17) is 4.99 Å². The first kappa shape index (κ1) is 24.7. The van der Waals surface area contributed by atoms with Crippen molar-refractivity contribution in [2.45, 2.75) is 46.6 Å². The molecule has 0 atom stereocenters. The minimum atomic E-state index is 0. The van der Waals surface area contributed by atoms with Crippen LogP contribution in [0.4, 0.5) is 0 Å². The molecule has 2 N–H and O–H groups in total. The summed E-state index contributed by atoms with van der Waals surface area (Å²) >= 11 is 3.52. The van der Waals surface area contributed by atoms with Crippen LogP contribution in [0.15, 0.2) is 21.7 Å². The smallest absolute Gasteiger partial charge is 0.194 e. The van der Waals surface area contributed by atoms with Crippen molar-refractivity contribution in [1.29, 1.82) is 0 Å². The zero-order valence-corrected chi connectivity index (χ0v) is 20.1. The summed E-state index contributed by atoms with van der Waals surface area (Å²) in [5.74, 6) is 0.916. The molecule has 0 aliphatic carbocycles. The molecular weight excluding hydrogens is 495 g/mol. The Morgan fingerprint density at radius 3 is 2.44 bits per heavy atom. The van der Waals surface area contributed by atoms with Gasteiger partial charge < -0.3 is 19.9 Å². The first-order chi connectivity index (χ1) is 11.4. The average Bonchev–Trinajstić information content (AvgIpc) is 2.87. The van der Waals surface area contributed by atoms with Gasteiger partial charge in [-0.3, -0.25) is 4.99 Å². The van der Waals surface area contributed by atoms with Gasteiger partial charge in [0.25, 0.3) is 0 Å². The molecular formula is C18H34BrIN4O. The largest absolute Gasteiger partial charge is 0.396 e. The zero-order valence-electron chi connectivity index (χ0n) is 16.2. The highest BCUT2D eigenvalue weighted by Crippen LogP contribution is 2.30. The summed E-state index contributed by atoms with van der Waals surface area (Å²) in [6.07, 6.45) is 4.92. The number of hydrogen-bond acceptors (Lipinski definition) is 2. The Hall–Kier alpha value is -0.280. The molecule has 0 bridgehead atoms.